The minimum atomic E-state index is -2.03. The highest BCUT2D eigenvalue weighted by atomic mass is 16.7. The number of amides is 1. The van der Waals surface area contributed by atoms with Crippen molar-refractivity contribution in [3.63, 3.8) is 0 Å². The van der Waals surface area contributed by atoms with Gasteiger partial charge in [-0.25, -0.2) is 0 Å². The molecule has 6 N–H and O–H groups in total. The molecule has 4 heterocycles. The fourth-order valence-corrected chi connectivity index (χ4v) is 8.24. The fourth-order valence-electron chi connectivity index (χ4n) is 8.24. The van der Waals surface area contributed by atoms with Crippen LogP contribution >= 0.6 is 0 Å². The molecule has 0 spiro atoms. The topological polar surface area (TPSA) is 226 Å². The van der Waals surface area contributed by atoms with E-state index in [-0.39, 0.29) is 44.8 Å². The van der Waals surface area contributed by atoms with Crippen LogP contribution < -0.4 is 10.1 Å². The zero-order chi connectivity index (χ0) is 42.8. The average molecular weight is 814 g/mol. The Kier molecular flexibility index (Phi) is 13.9. The Morgan fingerprint density at radius 1 is 0.966 bits per heavy atom. The number of benzene rings is 2. The third-order valence-corrected chi connectivity index (χ3v) is 12.1. The molecule has 58 heavy (non-hydrogen) atoms. The van der Waals surface area contributed by atoms with Crippen molar-refractivity contribution in [3.8, 4) is 23.0 Å². The molecule has 1 unspecified atom stereocenters. The van der Waals surface area contributed by atoms with E-state index in [4.69, 9.17) is 23.7 Å². The highest BCUT2D eigenvalue weighted by molar-refractivity contribution is 6.23. The maximum absolute atomic E-state index is 14.4. The van der Waals surface area contributed by atoms with Gasteiger partial charge in [-0.05, 0) is 31.8 Å². The number of aliphatic hydroxyl groups is 2. The maximum atomic E-state index is 14.4. The first-order chi connectivity index (χ1) is 27.3. The lowest BCUT2D eigenvalue weighted by Crippen LogP contribution is -2.46. The van der Waals surface area contributed by atoms with Crippen molar-refractivity contribution in [3.05, 3.63) is 29.0 Å². The predicted octanol–water partition coefficient (Wildman–Crippen LogP) is 4.72. The number of phenolic OH excluding ortho intramolecular Hbond substituents is 3. The lowest BCUT2D eigenvalue weighted by molar-refractivity contribution is -0.160. The zero-order valence-corrected chi connectivity index (χ0v) is 34.8. The van der Waals surface area contributed by atoms with Crippen LogP contribution in [0.4, 0.5) is 5.69 Å². The van der Waals surface area contributed by atoms with Gasteiger partial charge in [-0.2, -0.15) is 5.10 Å². The number of methoxy groups -OCH3 is 1. The number of nitrogens with zero attached hydrogens (tertiary/aromatic N) is 2. The van der Waals surface area contributed by atoms with Crippen molar-refractivity contribution in [1.82, 2.24) is 5.01 Å². The number of morpholine rings is 1. The normalized spacial score (nSPS) is 32.3. The molecule has 2 aromatic carbocycles. The number of esters is 1. The third-order valence-electron chi connectivity index (χ3n) is 12.1. The van der Waals surface area contributed by atoms with Crippen molar-refractivity contribution < 1.29 is 63.6 Å². The minimum Gasteiger partial charge on any atom is -0.507 e. The molecule has 4 aliphatic heterocycles. The summed E-state index contributed by atoms with van der Waals surface area (Å²) in [5.74, 6) is -8.34. The molecule has 0 radical (unpaired) electrons. The number of hydrogen-bond acceptors (Lipinski definition) is 15. The number of anilines is 1. The van der Waals surface area contributed by atoms with Gasteiger partial charge in [0.2, 0.25) is 5.91 Å². The molecule has 6 rings (SSSR count). The summed E-state index contributed by atoms with van der Waals surface area (Å²) < 4.78 is 29.0. The average Bonchev–Trinajstić information content (AvgIpc) is 3.46. The smallest absolute Gasteiger partial charge is 0.312 e. The summed E-state index contributed by atoms with van der Waals surface area (Å²) in [6, 6.07) is 0. The summed E-state index contributed by atoms with van der Waals surface area (Å²) in [7, 11) is 1.44. The highest BCUT2D eigenvalue weighted by Gasteiger charge is 2.50. The van der Waals surface area contributed by atoms with Crippen molar-refractivity contribution in [2.75, 3.05) is 38.7 Å². The van der Waals surface area contributed by atoms with Crippen LogP contribution in [0.15, 0.2) is 17.4 Å². The number of carbonyl (C=O) groups is 3. The third kappa shape index (κ3) is 8.70. The van der Waals surface area contributed by atoms with Gasteiger partial charge in [0.1, 0.15) is 23.4 Å². The lowest BCUT2D eigenvalue weighted by Gasteiger charge is -2.38. The SMILES string of the molecule is CO[C@H]1/C=C/O[C@@]2(C)Oc3c(C)c(O)c4c(O)c(c(/C=N/N5CCOCC5)c(O)c4c3C2=O)NC(=O)C(C)CCC[C@@H](C)[C@@H](O)[C@@H](C)[C@H](O)[C@H](C)[C@H](OC(C)=O)[C@@H]1C. The Hall–Kier alpha value is -4.64. The van der Waals surface area contributed by atoms with Crippen LogP contribution in [-0.4, -0.2) is 118 Å². The molecule has 0 aromatic heterocycles. The standard InChI is InChI=1S/C42H59N3O13/c1-20-11-10-12-21(2)41(53)44-32-27(19-43-45-14-17-55-18-15-45)36(50)29-30(37(32)51)35(49)25(6)39-31(29)40(52)42(8,58-39)56-16-13-28(54-9)22(3)38(57-26(7)46)24(5)34(48)23(4)33(20)47/h13,16,19-24,28,33-34,38,47-51H,10-12,14-15,17-18H2,1-9H3,(H,44,53)/b16-13+,43-19+/t20-,21?,22-,23-,24+,28+,33-,34+,38-,42+/m1/s1. The van der Waals surface area contributed by atoms with Crippen LogP contribution in [0.3, 0.4) is 0 Å². The van der Waals surface area contributed by atoms with Gasteiger partial charge in [0, 0.05) is 55.6 Å². The summed E-state index contributed by atoms with van der Waals surface area (Å²) in [6.45, 7) is 14.6. The van der Waals surface area contributed by atoms with Crippen LogP contribution in [-0.2, 0) is 28.5 Å². The second-order valence-corrected chi connectivity index (χ2v) is 16.2. The minimum absolute atomic E-state index is 0.0680. The first kappa shape index (κ1) is 44.5. The Morgan fingerprint density at radius 3 is 2.28 bits per heavy atom. The molecule has 1 fully saturated rings. The summed E-state index contributed by atoms with van der Waals surface area (Å²) in [4.78, 5) is 40.5. The number of carbonyl (C=O) groups excluding carboxylic acids is 3. The number of aromatic hydroxyl groups is 3. The monoisotopic (exact) mass is 813 g/mol. The van der Waals surface area contributed by atoms with Gasteiger partial charge in [0.25, 0.3) is 5.78 Å². The summed E-state index contributed by atoms with van der Waals surface area (Å²) in [5, 5.41) is 66.8. The van der Waals surface area contributed by atoms with Crippen LogP contribution in [0.5, 0.6) is 23.0 Å². The number of hydrazone groups is 1. The number of fused-ring (bicyclic) bond motifs is 16. The number of aliphatic hydroxyl groups excluding tert-OH is 2. The van der Waals surface area contributed by atoms with Crippen LogP contribution in [0, 0.1) is 36.5 Å². The van der Waals surface area contributed by atoms with E-state index in [2.05, 4.69) is 10.4 Å². The first-order valence-electron chi connectivity index (χ1n) is 19.9. The first-order valence-corrected chi connectivity index (χ1v) is 19.9. The van der Waals surface area contributed by atoms with E-state index < -0.39 is 88.8 Å². The van der Waals surface area contributed by atoms with Gasteiger partial charge in [0.05, 0.1) is 79.3 Å². The maximum Gasteiger partial charge on any atom is 0.312 e. The molecule has 0 aliphatic carbocycles. The van der Waals surface area contributed by atoms with E-state index in [1.807, 2.05) is 6.92 Å². The number of phenols is 3. The number of Topliss-reactive ketones (excluding diaryl/α,β-unsaturated/α-hetero) is 1. The molecule has 10 atom stereocenters. The molecule has 320 valence electrons. The van der Waals surface area contributed by atoms with Crippen LogP contribution in [0.25, 0.3) is 10.8 Å². The molecule has 4 aliphatic rings. The number of ketones is 1. The van der Waals surface area contributed by atoms with Crippen LogP contribution in [0.1, 0.15) is 89.2 Å². The van der Waals surface area contributed by atoms with E-state index in [1.54, 1.807) is 32.7 Å². The molecule has 1 amide bonds. The Morgan fingerprint density at radius 2 is 1.64 bits per heavy atom. The number of nitrogens with one attached hydrogen (secondary N) is 1. The van der Waals surface area contributed by atoms with E-state index in [1.165, 1.54) is 46.4 Å². The Bertz CT molecular complexity index is 1930. The number of hydrogen-bond donors (Lipinski definition) is 6. The summed E-state index contributed by atoms with van der Waals surface area (Å²) in [6.07, 6.45) is 1.72. The molecule has 2 aromatic rings. The fraction of sp³-hybridized carbons (Fsp3) is 0.619. The molecular formula is C42H59N3O13. The van der Waals surface area contributed by atoms with Gasteiger partial charge >= 0.3 is 11.8 Å². The van der Waals surface area contributed by atoms with Gasteiger partial charge in [-0.1, -0.05) is 41.0 Å². The molecule has 16 nitrogen and oxygen atoms in total. The van der Waals surface area contributed by atoms with Gasteiger partial charge in [-0.3, -0.25) is 19.4 Å². The lowest BCUT2D eigenvalue weighted by atomic mass is 9.77. The Labute approximate surface area is 338 Å². The second kappa shape index (κ2) is 18.1. The molecule has 16 heteroatoms. The van der Waals surface area contributed by atoms with Gasteiger partial charge < -0.3 is 54.5 Å². The van der Waals surface area contributed by atoms with E-state index in [0.717, 1.165) is 0 Å². The zero-order valence-electron chi connectivity index (χ0n) is 34.8. The summed E-state index contributed by atoms with van der Waals surface area (Å²) in [5.41, 5.74) is -0.435. The van der Waals surface area contributed by atoms with E-state index >= 15 is 0 Å². The largest absolute Gasteiger partial charge is 0.507 e. The van der Waals surface area contributed by atoms with Gasteiger partial charge in [0.15, 0.2) is 5.75 Å². The van der Waals surface area contributed by atoms with Crippen molar-refractivity contribution in [1.29, 1.82) is 0 Å². The van der Waals surface area contributed by atoms with E-state index in [0.29, 0.717) is 45.6 Å². The summed E-state index contributed by atoms with van der Waals surface area (Å²) >= 11 is 0. The predicted molar refractivity (Wildman–Crippen MR) is 214 cm³/mol. The highest BCUT2D eigenvalue weighted by Crippen LogP contribution is 2.55. The van der Waals surface area contributed by atoms with Crippen molar-refractivity contribution >= 4 is 40.3 Å². The molecule has 1 saturated heterocycles. The van der Waals surface area contributed by atoms with Crippen LogP contribution in [0.2, 0.25) is 0 Å². The van der Waals surface area contributed by atoms with Crippen molar-refractivity contribution in [2.45, 2.75) is 105 Å². The van der Waals surface area contributed by atoms with Gasteiger partial charge in [-0.15, -0.1) is 0 Å². The van der Waals surface area contributed by atoms with E-state index in [9.17, 15) is 39.9 Å². The quantitative estimate of drug-likeness (QED) is 0.106. The number of ether oxygens (including phenoxy) is 5. The molecular weight excluding hydrogens is 754 g/mol. The molecule has 0 saturated carbocycles. The second-order valence-electron chi connectivity index (χ2n) is 16.2. The Balaban J connectivity index is 1.66. The van der Waals surface area contributed by atoms with Crippen molar-refractivity contribution in [2.24, 2.45) is 34.7 Å². The number of rotatable bonds is 4. The molecule has 5 bridgehead atoms.